The molecule has 7 heteroatoms. The Labute approximate surface area is 142 Å². The number of carboxylic acid groups (broad SMARTS) is 1. The third kappa shape index (κ3) is 7.82. The van der Waals surface area contributed by atoms with E-state index in [2.05, 4.69) is 19.4 Å². The number of hydrogen-bond donors (Lipinski definition) is 2. The number of carbonyl (C=O) groups excluding carboxylic acids is 2. The summed E-state index contributed by atoms with van der Waals surface area (Å²) in [6, 6.07) is 5.65. The Morgan fingerprint density at radius 1 is 1.21 bits per heavy atom. The van der Waals surface area contributed by atoms with E-state index < -0.39 is 5.97 Å². The maximum absolute atomic E-state index is 11.5. The smallest absolute Gasteiger partial charge is 0.220 e. The third-order valence-electron chi connectivity index (χ3n) is 3.38. The quantitative estimate of drug-likeness (QED) is 0.507. The summed E-state index contributed by atoms with van der Waals surface area (Å²) < 4.78 is 11.1. The molecule has 1 rings (SSSR count). The second-order valence-corrected chi connectivity index (χ2v) is 5.76. The van der Waals surface area contributed by atoms with Gasteiger partial charge in [0.15, 0.2) is 11.5 Å². The normalized spacial score (nSPS) is 10.5. The molecule has 0 heterocycles. The molecule has 1 aromatic carbocycles. The molecular weight excluding hydrogens is 312 g/mol. The van der Waals surface area contributed by atoms with E-state index in [1.165, 1.54) is 4.90 Å². The lowest BCUT2D eigenvalue weighted by Crippen LogP contribution is -3.06. The average molecular weight is 338 g/mol. The van der Waals surface area contributed by atoms with Gasteiger partial charge in [0.05, 0.1) is 21.2 Å². The minimum absolute atomic E-state index is 0.0633. The molecule has 1 aromatic rings. The van der Waals surface area contributed by atoms with Gasteiger partial charge in [-0.2, -0.15) is 0 Å². The molecule has 1 amide bonds. The van der Waals surface area contributed by atoms with Gasteiger partial charge in [-0.1, -0.05) is 6.07 Å². The Morgan fingerprint density at radius 3 is 2.58 bits per heavy atom. The first kappa shape index (κ1) is 19.8. The zero-order chi connectivity index (χ0) is 17.9. The Hall–Kier alpha value is -2.28. The number of rotatable bonds is 11. The number of nitrogens with one attached hydrogen (secondary N) is 2. The SMILES string of the molecule is COc1ccc(CCNC(=O)CCC(=O)[O-])cc1OCC[NH+](C)C. The summed E-state index contributed by atoms with van der Waals surface area (Å²) in [5.41, 5.74) is 1.00. The molecule has 0 fully saturated rings. The van der Waals surface area contributed by atoms with Crippen LogP contribution in [0.4, 0.5) is 0 Å². The highest BCUT2D eigenvalue weighted by Crippen LogP contribution is 2.28. The number of likely N-dealkylation sites (N-methyl/N-ethyl adjacent to an activating group) is 1. The predicted octanol–water partition coefficient (Wildman–Crippen LogP) is -1.59. The van der Waals surface area contributed by atoms with Crippen LogP contribution >= 0.6 is 0 Å². The summed E-state index contributed by atoms with van der Waals surface area (Å²) in [5, 5.41) is 13.0. The van der Waals surface area contributed by atoms with Crippen LogP contribution in [0, 0.1) is 0 Å². The summed E-state index contributed by atoms with van der Waals surface area (Å²) >= 11 is 0. The van der Waals surface area contributed by atoms with E-state index in [-0.39, 0.29) is 18.7 Å². The fraction of sp³-hybridized carbons (Fsp3) is 0.529. The van der Waals surface area contributed by atoms with Crippen molar-refractivity contribution in [1.29, 1.82) is 0 Å². The monoisotopic (exact) mass is 338 g/mol. The Balaban J connectivity index is 2.50. The fourth-order valence-corrected chi connectivity index (χ4v) is 2.00. The van der Waals surface area contributed by atoms with Gasteiger partial charge < -0.3 is 29.6 Å². The number of quaternary nitrogens is 1. The predicted molar refractivity (Wildman–Crippen MR) is 87.1 cm³/mol. The van der Waals surface area contributed by atoms with E-state index in [9.17, 15) is 14.7 Å². The van der Waals surface area contributed by atoms with E-state index in [1.54, 1.807) is 7.11 Å². The second-order valence-electron chi connectivity index (χ2n) is 5.76. The Kier molecular flexibility index (Phi) is 8.64. The van der Waals surface area contributed by atoms with Gasteiger partial charge in [-0.05, 0) is 30.5 Å². The van der Waals surface area contributed by atoms with Gasteiger partial charge in [0.25, 0.3) is 0 Å². The highest BCUT2D eigenvalue weighted by Gasteiger charge is 2.07. The molecule has 0 saturated carbocycles. The fourth-order valence-electron chi connectivity index (χ4n) is 2.00. The van der Waals surface area contributed by atoms with Crippen LogP contribution in [0.15, 0.2) is 18.2 Å². The van der Waals surface area contributed by atoms with Crippen LogP contribution in [0.1, 0.15) is 18.4 Å². The summed E-state index contributed by atoms with van der Waals surface area (Å²) in [6.07, 6.45) is 0.294. The molecule has 0 saturated heterocycles. The first-order valence-corrected chi connectivity index (χ1v) is 7.97. The van der Waals surface area contributed by atoms with E-state index in [1.807, 2.05) is 18.2 Å². The van der Waals surface area contributed by atoms with Gasteiger partial charge in [-0.25, -0.2) is 0 Å². The molecular formula is C17H26N2O5. The van der Waals surface area contributed by atoms with Crippen LogP contribution in [0.25, 0.3) is 0 Å². The van der Waals surface area contributed by atoms with Gasteiger partial charge >= 0.3 is 0 Å². The number of amides is 1. The Bertz CT molecular complexity index is 546. The summed E-state index contributed by atoms with van der Waals surface area (Å²) in [4.78, 5) is 23.1. The van der Waals surface area contributed by atoms with Crippen LogP contribution in [0.5, 0.6) is 11.5 Å². The van der Waals surface area contributed by atoms with Gasteiger partial charge in [-0.15, -0.1) is 0 Å². The summed E-state index contributed by atoms with van der Waals surface area (Å²) in [7, 11) is 5.71. The minimum Gasteiger partial charge on any atom is -0.550 e. The molecule has 0 atom stereocenters. The number of ether oxygens (including phenoxy) is 2. The van der Waals surface area contributed by atoms with Crippen LogP contribution in [-0.2, 0) is 16.0 Å². The maximum Gasteiger partial charge on any atom is 0.220 e. The zero-order valence-corrected chi connectivity index (χ0v) is 14.5. The van der Waals surface area contributed by atoms with Gasteiger partial charge in [0, 0.05) is 18.9 Å². The molecule has 0 aromatic heterocycles. The van der Waals surface area contributed by atoms with Crippen molar-refractivity contribution in [2.24, 2.45) is 0 Å². The van der Waals surface area contributed by atoms with Gasteiger partial charge in [-0.3, -0.25) is 4.79 Å². The van der Waals surface area contributed by atoms with E-state index in [0.29, 0.717) is 31.1 Å². The highest BCUT2D eigenvalue weighted by atomic mass is 16.5. The van der Waals surface area contributed by atoms with Crippen molar-refractivity contribution < 1.29 is 29.1 Å². The van der Waals surface area contributed by atoms with Crippen molar-refractivity contribution in [2.45, 2.75) is 19.3 Å². The minimum atomic E-state index is -1.22. The molecule has 0 aliphatic rings. The van der Waals surface area contributed by atoms with E-state index in [4.69, 9.17) is 9.47 Å². The lowest BCUT2D eigenvalue weighted by molar-refractivity contribution is -0.858. The van der Waals surface area contributed by atoms with E-state index in [0.717, 1.165) is 12.1 Å². The number of benzene rings is 1. The standard InChI is InChI=1S/C17H26N2O5/c1-19(2)10-11-24-15-12-13(4-5-14(15)23-3)8-9-18-16(20)6-7-17(21)22/h4-5,12H,6-11H2,1-3H3,(H,18,20)(H,21,22). The maximum atomic E-state index is 11.5. The average Bonchev–Trinajstić information content (AvgIpc) is 2.53. The number of methoxy groups -OCH3 is 1. The molecule has 0 radical (unpaired) electrons. The molecule has 0 aliphatic heterocycles. The van der Waals surface area contributed by atoms with Crippen LogP contribution in [-0.4, -0.2) is 52.8 Å². The summed E-state index contributed by atoms with van der Waals surface area (Å²) in [6.45, 7) is 1.89. The topological polar surface area (TPSA) is 92.1 Å². The first-order valence-electron chi connectivity index (χ1n) is 7.97. The van der Waals surface area contributed by atoms with Crippen LogP contribution < -0.4 is 24.8 Å². The first-order chi connectivity index (χ1) is 11.4. The molecule has 0 spiro atoms. The van der Waals surface area contributed by atoms with Crippen molar-refractivity contribution in [3.63, 3.8) is 0 Å². The largest absolute Gasteiger partial charge is 0.550 e. The van der Waals surface area contributed by atoms with Crippen LogP contribution in [0.2, 0.25) is 0 Å². The second kappa shape index (κ2) is 10.5. The molecule has 24 heavy (non-hydrogen) atoms. The molecule has 0 aliphatic carbocycles. The number of hydrogen-bond acceptors (Lipinski definition) is 5. The Morgan fingerprint density at radius 2 is 1.96 bits per heavy atom. The van der Waals surface area contributed by atoms with Crippen molar-refractivity contribution in [3.05, 3.63) is 23.8 Å². The summed E-state index contributed by atoms with van der Waals surface area (Å²) in [5.74, 6) is -0.162. The van der Waals surface area contributed by atoms with Crippen molar-refractivity contribution in [1.82, 2.24) is 5.32 Å². The lowest BCUT2D eigenvalue weighted by Gasteiger charge is -2.13. The third-order valence-corrected chi connectivity index (χ3v) is 3.38. The van der Waals surface area contributed by atoms with Gasteiger partial charge in [0.1, 0.15) is 13.2 Å². The number of carbonyl (C=O) groups is 2. The lowest BCUT2D eigenvalue weighted by atomic mass is 10.1. The van der Waals surface area contributed by atoms with Crippen LogP contribution in [0.3, 0.4) is 0 Å². The van der Waals surface area contributed by atoms with Gasteiger partial charge in [0.2, 0.25) is 5.91 Å². The highest BCUT2D eigenvalue weighted by molar-refractivity contribution is 5.79. The molecule has 7 nitrogen and oxygen atoms in total. The molecule has 0 unspecified atom stereocenters. The number of carboxylic acids is 1. The molecule has 134 valence electrons. The number of aliphatic carboxylic acids is 1. The van der Waals surface area contributed by atoms with Crippen molar-refractivity contribution in [2.75, 3.05) is 40.9 Å². The van der Waals surface area contributed by atoms with E-state index >= 15 is 0 Å². The zero-order valence-electron chi connectivity index (χ0n) is 14.5. The van der Waals surface area contributed by atoms with Crippen molar-refractivity contribution >= 4 is 11.9 Å². The molecule has 0 bridgehead atoms. The van der Waals surface area contributed by atoms with Crippen molar-refractivity contribution in [3.8, 4) is 11.5 Å². The molecule has 2 N–H and O–H groups in total.